The molecule has 0 unspecified atom stereocenters. The molecule has 184 valence electrons. The zero-order chi connectivity index (χ0) is 25.3. The third-order valence-electron chi connectivity index (χ3n) is 5.78. The molecule has 0 atom stereocenters. The van der Waals surface area contributed by atoms with Crippen molar-refractivity contribution in [3.8, 4) is 22.6 Å². The fraction of sp³-hybridized carbons (Fsp3) is 0.154. The van der Waals surface area contributed by atoms with Gasteiger partial charge in [0, 0.05) is 17.9 Å². The maximum Gasteiger partial charge on any atom is 0.416 e. The monoisotopic (exact) mass is 495 g/mol. The zero-order valence-electron chi connectivity index (χ0n) is 18.8. The molecule has 0 radical (unpaired) electrons. The average Bonchev–Trinajstić information content (AvgIpc) is 3.33. The van der Waals surface area contributed by atoms with E-state index in [9.17, 15) is 22.8 Å². The number of nitrogens with zero attached hydrogens (tertiary/aromatic N) is 1. The Bertz CT molecular complexity index is 1340. The Hall–Kier alpha value is -4.47. The summed E-state index contributed by atoms with van der Waals surface area (Å²) in [6, 6.07) is 16.4. The van der Waals surface area contributed by atoms with Crippen LogP contribution in [0.3, 0.4) is 0 Å². The predicted octanol–water partition coefficient (Wildman–Crippen LogP) is 5.54. The topological polar surface area (TPSA) is 79.9 Å². The number of rotatable bonds is 4. The highest BCUT2D eigenvalue weighted by Crippen LogP contribution is 2.36. The number of nitrogens with one attached hydrogen (secondary N) is 2. The summed E-state index contributed by atoms with van der Waals surface area (Å²) < 4.78 is 48.9. The Morgan fingerprint density at radius 2 is 1.56 bits per heavy atom. The minimum atomic E-state index is -4.47. The Balaban J connectivity index is 1.23. The molecule has 36 heavy (non-hydrogen) atoms. The normalized spacial score (nSPS) is 14.9. The quantitative estimate of drug-likeness (QED) is 0.498. The van der Waals surface area contributed by atoms with Crippen LogP contribution in [0, 0.1) is 0 Å². The maximum absolute atomic E-state index is 13.0. The fourth-order valence-electron chi connectivity index (χ4n) is 3.96. The van der Waals surface area contributed by atoms with Crippen LogP contribution in [-0.2, 0) is 11.0 Å². The van der Waals surface area contributed by atoms with E-state index in [0.29, 0.717) is 30.2 Å². The van der Waals surface area contributed by atoms with Crippen LogP contribution in [0.4, 0.5) is 29.3 Å². The van der Waals surface area contributed by atoms with Crippen LogP contribution in [-0.4, -0.2) is 25.3 Å². The molecule has 3 amide bonds. The smallest absolute Gasteiger partial charge is 0.416 e. The van der Waals surface area contributed by atoms with Gasteiger partial charge in [0.25, 0.3) is 5.91 Å². The number of fused-ring (bicyclic) bond motifs is 1. The highest BCUT2D eigenvalue weighted by atomic mass is 19.4. The number of hydrogen-bond acceptors (Lipinski definition) is 4. The second-order valence-corrected chi connectivity index (χ2v) is 8.13. The molecule has 5 rings (SSSR count). The van der Waals surface area contributed by atoms with Gasteiger partial charge >= 0.3 is 12.2 Å². The largest absolute Gasteiger partial charge is 0.454 e. The van der Waals surface area contributed by atoms with E-state index in [1.165, 1.54) is 0 Å². The predicted molar refractivity (Wildman–Crippen MR) is 127 cm³/mol. The first-order valence-electron chi connectivity index (χ1n) is 11.1. The number of carbonyl (C=O) groups excluding carboxylic acids is 2. The lowest BCUT2D eigenvalue weighted by molar-refractivity contribution is -0.137. The Morgan fingerprint density at radius 3 is 2.28 bits per heavy atom. The van der Waals surface area contributed by atoms with Crippen LogP contribution in [0.5, 0.6) is 11.5 Å². The minimum Gasteiger partial charge on any atom is -0.454 e. The van der Waals surface area contributed by atoms with Gasteiger partial charge in [0.05, 0.1) is 5.56 Å². The van der Waals surface area contributed by atoms with Crippen molar-refractivity contribution < 1.29 is 32.2 Å². The second-order valence-electron chi connectivity index (χ2n) is 8.13. The molecule has 2 N–H and O–H groups in total. The summed E-state index contributed by atoms with van der Waals surface area (Å²) in [5.74, 6) is 0.987. The summed E-state index contributed by atoms with van der Waals surface area (Å²) in [5, 5.41) is 4.93. The van der Waals surface area contributed by atoms with Crippen LogP contribution >= 0.6 is 0 Å². The maximum atomic E-state index is 13.0. The molecule has 0 spiro atoms. The summed E-state index contributed by atoms with van der Waals surface area (Å²) in [6.45, 7) is 0.634. The van der Waals surface area contributed by atoms with Crippen LogP contribution in [0.25, 0.3) is 11.1 Å². The first-order chi connectivity index (χ1) is 17.3. The van der Waals surface area contributed by atoms with Gasteiger partial charge in [-0.25, -0.2) is 4.79 Å². The van der Waals surface area contributed by atoms with Gasteiger partial charge in [-0.15, -0.1) is 0 Å². The molecule has 2 aliphatic rings. The summed E-state index contributed by atoms with van der Waals surface area (Å²) in [6.07, 6.45) is -2.33. The van der Waals surface area contributed by atoms with Crippen molar-refractivity contribution in [1.82, 2.24) is 5.32 Å². The molecule has 0 saturated carbocycles. The number of hydrogen-bond donors (Lipinski definition) is 2. The number of anilines is 2. The van der Waals surface area contributed by atoms with Crippen molar-refractivity contribution in [3.05, 3.63) is 84.1 Å². The standard InChI is InChI=1S/C26H20F3N3O4/c27-26(28,29)18-6-8-19(9-7-18)30-25(34)31-21-2-1-13-32(24(21)33)20-10-3-16(4-11-20)17-5-12-22-23(14-17)36-15-35-22/h2-12,14H,1,13,15H2,(H2,30,31,34). The Morgan fingerprint density at radius 1 is 0.861 bits per heavy atom. The number of halogens is 3. The van der Waals surface area contributed by atoms with E-state index < -0.39 is 17.8 Å². The lowest BCUT2D eigenvalue weighted by Crippen LogP contribution is -2.42. The molecule has 0 aromatic heterocycles. The third-order valence-corrected chi connectivity index (χ3v) is 5.78. The van der Waals surface area contributed by atoms with Gasteiger partial charge in [-0.2, -0.15) is 13.2 Å². The van der Waals surface area contributed by atoms with Gasteiger partial charge < -0.3 is 25.0 Å². The van der Waals surface area contributed by atoms with Gasteiger partial charge in [-0.1, -0.05) is 24.3 Å². The fourth-order valence-corrected chi connectivity index (χ4v) is 3.96. The van der Waals surface area contributed by atoms with E-state index in [4.69, 9.17) is 9.47 Å². The molecule has 3 aromatic rings. The highest BCUT2D eigenvalue weighted by Gasteiger charge is 2.30. The molecular weight excluding hydrogens is 475 g/mol. The van der Waals surface area contributed by atoms with Crippen molar-refractivity contribution in [2.75, 3.05) is 23.6 Å². The minimum absolute atomic E-state index is 0.0884. The number of alkyl halides is 3. The first kappa shape index (κ1) is 23.3. The van der Waals surface area contributed by atoms with Crippen molar-refractivity contribution in [2.45, 2.75) is 12.6 Å². The summed E-state index contributed by atoms with van der Waals surface area (Å²) >= 11 is 0. The van der Waals surface area contributed by atoms with E-state index >= 15 is 0 Å². The molecule has 0 saturated heterocycles. The molecule has 2 heterocycles. The lowest BCUT2D eigenvalue weighted by atomic mass is 10.0. The van der Waals surface area contributed by atoms with Crippen LogP contribution in [0.2, 0.25) is 0 Å². The molecule has 2 aliphatic heterocycles. The van der Waals surface area contributed by atoms with E-state index in [1.807, 2.05) is 42.5 Å². The Labute approximate surface area is 204 Å². The number of urea groups is 1. The summed E-state index contributed by atoms with van der Waals surface area (Å²) in [5.41, 5.74) is 1.98. The lowest BCUT2D eigenvalue weighted by Gasteiger charge is -2.27. The van der Waals surface area contributed by atoms with Crippen LogP contribution in [0.15, 0.2) is 78.5 Å². The van der Waals surface area contributed by atoms with E-state index in [2.05, 4.69) is 10.6 Å². The van der Waals surface area contributed by atoms with Crippen molar-refractivity contribution >= 4 is 23.3 Å². The molecule has 0 fully saturated rings. The third kappa shape index (κ3) is 4.83. The first-order valence-corrected chi connectivity index (χ1v) is 11.1. The SMILES string of the molecule is O=C(NC1=CCCN(c2ccc(-c3ccc4c(c3)OCO4)cc2)C1=O)Nc1ccc(C(F)(F)F)cc1. The number of ether oxygens (including phenoxy) is 2. The van der Waals surface area contributed by atoms with Gasteiger partial charge in [0.1, 0.15) is 5.70 Å². The molecule has 3 aromatic carbocycles. The van der Waals surface area contributed by atoms with Crippen LogP contribution < -0.4 is 25.0 Å². The summed E-state index contributed by atoms with van der Waals surface area (Å²) in [4.78, 5) is 26.9. The number of benzene rings is 3. The molecular formula is C26H20F3N3O4. The van der Waals surface area contributed by atoms with E-state index in [1.54, 1.807) is 11.0 Å². The van der Waals surface area contributed by atoms with Crippen molar-refractivity contribution in [2.24, 2.45) is 0 Å². The van der Waals surface area contributed by atoms with E-state index in [0.717, 1.165) is 35.4 Å². The molecule has 7 nitrogen and oxygen atoms in total. The second kappa shape index (κ2) is 9.29. The highest BCUT2D eigenvalue weighted by molar-refractivity contribution is 6.09. The van der Waals surface area contributed by atoms with Crippen LogP contribution in [0.1, 0.15) is 12.0 Å². The Kier molecular flexibility index (Phi) is 6.01. The van der Waals surface area contributed by atoms with Gasteiger partial charge in [-0.3, -0.25) is 4.79 Å². The van der Waals surface area contributed by atoms with Gasteiger partial charge in [-0.05, 0) is 66.1 Å². The summed E-state index contributed by atoms with van der Waals surface area (Å²) in [7, 11) is 0. The molecule has 10 heteroatoms. The van der Waals surface area contributed by atoms with E-state index in [-0.39, 0.29) is 24.1 Å². The molecule has 0 bridgehead atoms. The number of carbonyl (C=O) groups is 2. The van der Waals surface area contributed by atoms with Crippen molar-refractivity contribution in [3.63, 3.8) is 0 Å². The zero-order valence-corrected chi connectivity index (χ0v) is 18.8. The average molecular weight is 495 g/mol. The molecule has 0 aliphatic carbocycles. The van der Waals surface area contributed by atoms with Crippen molar-refractivity contribution in [1.29, 1.82) is 0 Å². The van der Waals surface area contributed by atoms with Gasteiger partial charge in [0.15, 0.2) is 11.5 Å². The van der Waals surface area contributed by atoms with Gasteiger partial charge in [0.2, 0.25) is 6.79 Å². The number of amides is 3.